The molecule has 19 heavy (non-hydrogen) atoms. The third-order valence-corrected chi connectivity index (χ3v) is 2.80. The Kier molecular flexibility index (Phi) is 7.28. The molecule has 0 saturated carbocycles. The van der Waals surface area contributed by atoms with Crippen LogP contribution in [-0.2, 0) is 14.3 Å². The minimum Gasteiger partial charge on any atom is -0.481 e. The summed E-state index contributed by atoms with van der Waals surface area (Å²) in [5, 5.41) is 19.6. The molecule has 0 saturated heterocycles. The van der Waals surface area contributed by atoms with Gasteiger partial charge in [-0.1, -0.05) is 0 Å². The molecule has 1 atom stereocenters. The van der Waals surface area contributed by atoms with Gasteiger partial charge in [0, 0.05) is 11.5 Å². The number of carbonyl (C=O) groups is 3. The number of hydrogen-bond acceptors (Lipinski definition) is 5. The second-order valence-electron chi connectivity index (χ2n) is 4.76. The van der Waals surface area contributed by atoms with Gasteiger partial charge in [-0.25, -0.2) is 9.59 Å². The van der Waals surface area contributed by atoms with E-state index >= 15 is 0 Å². The van der Waals surface area contributed by atoms with E-state index in [-0.39, 0.29) is 17.9 Å². The number of carboxylic acid groups (broad SMARTS) is 2. The van der Waals surface area contributed by atoms with Crippen LogP contribution in [-0.4, -0.2) is 51.4 Å². The fraction of sp³-hybridized carbons (Fsp3) is 0.727. The highest BCUT2D eigenvalue weighted by atomic mass is 32.2. The smallest absolute Gasteiger partial charge is 0.408 e. The molecule has 8 heteroatoms. The third-order valence-electron chi connectivity index (χ3n) is 1.73. The largest absolute Gasteiger partial charge is 0.481 e. The van der Waals surface area contributed by atoms with Gasteiger partial charge in [0.25, 0.3) is 0 Å². The molecular weight excluding hydrogens is 274 g/mol. The van der Waals surface area contributed by atoms with E-state index in [0.29, 0.717) is 0 Å². The Bertz CT molecular complexity index is 339. The van der Waals surface area contributed by atoms with Gasteiger partial charge in [0.1, 0.15) is 11.6 Å². The Morgan fingerprint density at radius 1 is 1.26 bits per heavy atom. The van der Waals surface area contributed by atoms with Gasteiger partial charge in [-0.15, -0.1) is 0 Å². The molecule has 0 radical (unpaired) electrons. The Hall–Kier alpha value is -1.44. The lowest BCUT2D eigenvalue weighted by molar-refractivity contribution is -0.139. The van der Waals surface area contributed by atoms with Crippen molar-refractivity contribution in [3.05, 3.63) is 0 Å². The molecule has 1 amide bonds. The first-order chi connectivity index (χ1) is 8.61. The summed E-state index contributed by atoms with van der Waals surface area (Å²) in [6, 6.07) is -1.10. The van der Waals surface area contributed by atoms with Crippen molar-refractivity contribution >= 4 is 29.8 Å². The minimum atomic E-state index is -1.19. The molecule has 0 heterocycles. The molecule has 0 aromatic rings. The summed E-state index contributed by atoms with van der Waals surface area (Å²) in [5.74, 6) is -1.76. The van der Waals surface area contributed by atoms with Gasteiger partial charge in [-0.05, 0) is 20.8 Å². The van der Waals surface area contributed by atoms with E-state index in [2.05, 4.69) is 5.32 Å². The van der Waals surface area contributed by atoms with Crippen molar-refractivity contribution in [3.8, 4) is 0 Å². The normalized spacial score (nSPS) is 12.6. The summed E-state index contributed by atoms with van der Waals surface area (Å²) in [6.07, 6.45) is -0.859. The van der Waals surface area contributed by atoms with E-state index in [9.17, 15) is 14.4 Å². The molecule has 0 fully saturated rings. The van der Waals surface area contributed by atoms with E-state index in [1.807, 2.05) is 0 Å². The Labute approximate surface area is 115 Å². The van der Waals surface area contributed by atoms with Crippen LogP contribution in [0.3, 0.4) is 0 Å². The quantitative estimate of drug-likeness (QED) is 0.604. The number of hydrogen-bond donors (Lipinski definition) is 3. The van der Waals surface area contributed by atoms with Crippen LogP contribution in [0, 0.1) is 0 Å². The summed E-state index contributed by atoms with van der Waals surface area (Å²) >= 11 is 1.15. The molecule has 0 rings (SSSR count). The van der Waals surface area contributed by atoms with Gasteiger partial charge in [0.15, 0.2) is 0 Å². The van der Waals surface area contributed by atoms with Crippen molar-refractivity contribution in [2.24, 2.45) is 0 Å². The van der Waals surface area contributed by atoms with Crippen molar-refractivity contribution in [2.75, 3.05) is 11.5 Å². The zero-order valence-electron chi connectivity index (χ0n) is 11.1. The lowest BCUT2D eigenvalue weighted by Crippen LogP contribution is -2.45. The van der Waals surface area contributed by atoms with E-state index in [1.54, 1.807) is 20.8 Å². The van der Waals surface area contributed by atoms with Crippen LogP contribution in [0.5, 0.6) is 0 Å². The summed E-state index contributed by atoms with van der Waals surface area (Å²) in [6.45, 7) is 5.01. The molecule has 0 spiro atoms. The lowest BCUT2D eigenvalue weighted by Gasteiger charge is -2.21. The van der Waals surface area contributed by atoms with Gasteiger partial charge in [0.05, 0.1) is 6.42 Å². The average molecular weight is 293 g/mol. The number of carbonyl (C=O) groups excluding carboxylic acids is 1. The molecule has 0 aliphatic rings. The van der Waals surface area contributed by atoms with E-state index < -0.39 is 29.7 Å². The number of nitrogens with one attached hydrogen (secondary N) is 1. The SMILES string of the molecule is CC(C)(C)OC(=O)N[C@H](CSCCC(=O)O)C(=O)O. The maximum atomic E-state index is 11.4. The van der Waals surface area contributed by atoms with Gasteiger partial charge >= 0.3 is 18.0 Å². The van der Waals surface area contributed by atoms with Crippen LogP contribution in [0.4, 0.5) is 4.79 Å². The van der Waals surface area contributed by atoms with Crippen molar-refractivity contribution in [1.82, 2.24) is 5.32 Å². The number of thioether (sulfide) groups is 1. The van der Waals surface area contributed by atoms with E-state index in [0.717, 1.165) is 11.8 Å². The van der Waals surface area contributed by atoms with Gasteiger partial charge < -0.3 is 20.3 Å². The maximum absolute atomic E-state index is 11.4. The van der Waals surface area contributed by atoms with Crippen LogP contribution < -0.4 is 5.32 Å². The fourth-order valence-corrected chi connectivity index (χ4v) is 1.93. The lowest BCUT2D eigenvalue weighted by atomic mass is 10.2. The van der Waals surface area contributed by atoms with Gasteiger partial charge in [-0.2, -0.15) is 11.8 Å². The number of rotatable bonds is 7. The Morgan fingerprint density at radius 3 is 2.26 bits per heavy atom. The second kappa shape index (κ2) is 7.88. The highest BCUT2D eigenvalue weighted by Gasteiger charge is 2.23. The molecule has 110 valence electrons. The van der Waals surface area contributed by atoms with Crippen LogP contribution >= 0.6 is 11.8 Å². The molecule has 0 aromatic heterocycles. The predicted octanol–water partition coefficient (Wildman–Crippen LogP) is 1.17. The second-order valence-corrected chi connectivity index (χ2v) is 5.91. The number of aliphatic carboxylic acids is 2. The Morgan fingerprint density at radius 2 is 1.84 bits per heavy atom. The number of ether oxygens (including phenoxy) is 1. The van der Waals surface area contributed by atoms with Gasteiger partial charge in [-0.3, -0.25) is 4.79 Å². The standard InChI is InChI=1S/C11H19NO6S/c1-11(2,3)18-10(17)12-7(9(15)16)6-19-5-4-8(13)14/h7H,4-6H2,1-3H3,(H,12,17)(H,13,14)(H,15,16)/t7-/m1/s1. The molecular formula is C11H19NO6S. The van der Waals surface area contributed by atoms with Crippen molar-refractivity contribution in [2.45, 2.75) is 38.8 Å². The van der Waals surface area contributed by atoms with Crippen LogP contribution in [0.2, 0.25) is 0 Å². The molecule has 0 aliphatic heterocycles. The molecule has 3 N–H and O–H groups in total. The maximum Gasteiger partial charge on any atom is 0.408 e. The van der Waals surface area contributed by atoms with Crippen molar-refractivity contribution in [3.63, 3.8) is 0 Å². The van der Waals surface area contributed by atoms with Crippen molar-refractivity contribution < 1.29 is 29.3 Å². The number of amides is 1. The Balaban J connectivity index is 4.16. The van der Waals surface area contributed by atoms with Gasteiger partial charge in [0.2, 0.25) is 0 Å². The first kappa shape index (κ1) is 17.6. The number of carboxylic acids is 2. The summed E-state index contributed by atoms with van der Waals surface area (Å²) in [4.78, 5) is 32.6. The van der Waals surface area contributed by atoms with Crippen LogP contribution in [0.1, 0.15) is 27.2 Å². The average Bonchev–Trinajstić information content (AvgIpc) is 2.19. The first-order valence-electron chi connectivity index (χ1n) is 5.63. The van der Waals surface area contributed by atoms with Crippen molar-refractivity contribution in [1.29, 1.82) is 0 Å². The minimum absolute atomic E-state index is 0.0521. The molecule has 7 nitrogen and oxygen atoms in total. The first-order valence-corrected chi connectivity index (χ1v) is 6.79. The summed E-state index contributed by atoms with van der Waals surface area (Å²) in [5.41, 5.74) is -0.705. The zero-order chi connectivity index (χ0) is 15.1. The fourth-order valence-electron chi connectivity index (χ4n) is 0.985. The zero-order valence-corrected chi connectivity index (χ0v) is 12.0. The highest BCUT2D eigenvalue weighted by molar-refractivity contribution is 7.99. The van der Waals surface area contributed by atoms with Crippen LogP contribution in [0.25, 0.3) is 0 Å². The predicted molar refractivity (Wildman–Crippen MR) is 70.4 cm³/mol. The molecule has 0 bridgehead atoms. The monoisotopic (exact) mass is 293 g/mol. The summed E-state index contributed by atoms with van der Waals surface area (Å²) < 4.78 is 4.95. The molecule has 0 aliphatic carbocycles. The molecule has 0 unspecified atom stereocenters. The topological polar surface area (TPSA) is 113 Å². The van der Waals surface area contributed by atoms with E-state index in [4.69, 9.17) is 14.9 Å². The number of alkyl carbamates (subject to hydrolysis) is 1. The van der Waals surface area contributed by atoms with Crippen LogP contribution in [0.15, 0.2) is 0 Å². The summed E-state index contributed by atoms with van der Waals surface area (Å²) in [7, 11) is 0. The molecule has 0 aromatic carbocycles. The highest BCUT2D eigenvalue weighted by Crippen LogP contribution is 2.09. The van der Waals surface area contributed by atoms with E-state index in [1.165, 1.54) is 0 Å². The third kappa shape index (κ3) is 10.2.